The van der Waals surface area contributed by atoms with Crippen LogP contribution >= 0.6 is 11.6 Å². The number of carbonyl (C=O) groups excluding carboxylic acids is 1. The van der Waals surface area contributed by atoms with E-state index in [0.717, 1.165) is 22.5 Å². The fraction of sp³-hybridized carbons (Fsp3) is 0.0400. The molecule has 8 heteroatoms. The minimum atomic E-state index is -0.206. The van der Waals surface area contributed by atoms with Crippen LogP contribution in [-0.2, 0) is 6.54 Å². The molecule has 0 radical (unpaired) electrons. The Bertz CT molecular complexity index is 1360. The summed E-state index contributed by atoms with van der Waals surface area (Å²) in [4.78, 5) is 17.1. The standard InChI is InChI=1S/C25H19ClN6O/c26-20-10-8-19(9-11-20)24-23(15-31(30-24)21-4-2-1-3-5-21)25(33)28-14-18-6-12-22(13-7-18)32-17-27-16-29-32/h1-13,15-17H,14H2,(H,28,33). The van der Waals surface area contributed by atoms with Gasteiger partial charge < -0.3 is 5.32 Å². The number of halogens is 1. The highest BCUT2D eigenvalue weighted by Gasteiger charge is 2.18. The fourth-order valence-electron chi connectivity index (χ4n) is 3.46. The molecular formula is C25H19ClN6O. The monoisotopic (exact) mass is 454 g/mol. The summed E-state index contributed by atoms with van der Waals surface area (Å²) in [6.07, 6.45) is 4.88. The van der Waals surface area contributed by atoms with Gasteiger partial charge in [0.25, 0.3) is 5.91 Å². The minimum Gasteiger partial charge on any atom is -0.348 e. The summed E-state index contributed by atoms with van der Waals surface area (Å²) in [6, 6.07) is 24.8. The highest BCUT2D eigenvalue weighted by atomic mass is 35.5. The Morgan fingerprint density at radius 2 is 1.61 bits per heavy atom. The zero-order valence-corrected chi connectivity index (χ0v) is 18.2. The molecule has 0 spiro atoms. The average molecular weight is 455 g/mol. The SMILES string of the molecule is O=C(NCc1ccc(-n2cncn2)cc1)c1cn(-c2ccccc2)nc1-c1ccc(Cl)cc1. The molecule has 162 valence electrons. The van der Waals surface area contributed by atoms with Gasteiger partial charge in [-0.2, -0.15) is 10.2 Å². The maximum atomic E-state index is 13.2. The largest absolute Gasteiger partial charge is 0.348 e. The molecule has 0 aliphatic heterocycles. The summed E-state index contributed by atoms with van der Waals surface area (Å²) >= 11 is 6.05. The number of hydrogen-bond donors (Lipinski definition) is 1. The number of benzene rings is 3. The van der Waals surface area contributed by atoms with E-state index >= 15 is 0 Å². The van der Waals surface area contributed by atoms with Gasteiger partial charge in [-0.25, -0.2) is 14.3 Å². The van der Waals surface area contributed by atoms with Gasteiger partial charge in [0, 0.05) is 23.3 Å². The maximum absolute atomic E-state index is 13.2. The first-order valence-electron chi connectivity index (χ1n) is 10.3. The Kier molecular flexibility index (Phi) is 5.70. The van der Waals surface area contributed by atoms with E-state index in [4.69, 9.17) is 16.7 Å². The molecule has 5 rings (SSSR count). The second-order valence-electron chi connectivity index (χ2n) is 7.37. The summed E-state index contributed by atoms with van der Waals surface area (Å²) in [7, 11) is 0. The molecule has 0 unspecified atom stereocenters. The van der Waals surface area contributed by atoms with Crippen molar-refractivity contribution in [2.45, 2.75) is 6.54 Å². The summed E-state index contributed by atoms with van der Waals surface area (Å²) in [6.45, 7) is 0.382. The topological polar surface area (TPSA) is 77.6 Å². The van der Waals surface area contributed by atoms with Crippen LogP contribution in [0.15, 0.2) is 97.7 Å². The quantitative estimate of drug-likeness (QED) is 0.403. The number of amides is 1. The van der Waals surface area contributed by atoms with Crippen molar-refractivity contribution in [1.82, 2.24) is 29.9 Å². The highest BCUT2D eigenvalue weighted by molar-refractivity contribution is 6.30. The first kappa shape index (κ1) is 20.7. The molecule has 0 bridgehead atoms. The summed E-state index contributed by atoms with van der Waals surface area (Å²) in [5.41, 5.74) is 4.63. The molecule has 2 aromatic heterocycles. The second-order valence-corrected chi connectivity index (χ2v) is 7.80. The molecule has 2 heterocycles. The molecule has 0 saturated heterocycles. The van der Waals surface area contributed by atoms with E-state index in [9.17, 15) is 4.79 Å². The smallest absolute Gasteiger partial charge is 0.255 e. The lowest BCUT2D eigenvalue weighted by molar-refractivity contribution is 0.0951. The zero-order valence-electron chi connectivity index (χ0n) is 17.5. The van der Waals surface area contributed by atoms with Crippen LogP contribution in [-0.4, -0.2) is 30.5 Å². The van der Waals surface area contributed by atoms with Crippen molar-refractivity contribution in [1.29, 1.82) is 0 Å². The molecule has 1 N–H and O–H groups in total. The van der Waals surface area contributed by atoms with Crippen molar-refractivity contribution in [3.05, 3.63) is 114 Å². The Hall–Kier alpha value is -4.23. The number of rotatable bonds is 6. The molecule has 33 heavy (non-hydrogen) atoms. The summed E-state index contributed by atoms with van der Waals surface area (Å²) in [5, 5.41) is 12.4. The minimum absolute atomic E-state index is 0.206. The van der Waals surface area contributed by atoms with Crippen molar-refractivity contribution in [3.63, 3.8) is 0 Å². The molecule has 1 amide bonds. The molecule has 0 fully saturated rings. The van der Waals surface area contributed by atoms with Crippen LogP contribution in [0, 0.1) is 0 Å². The molecule has 0 aliphatic carbocycles. The van der Waals surface area contributed by atoms with E-state index in [2.05, 4.69) is 15.4 Å². The number of nitrogens with zero attached hydrogens (tertiary/aromatic N) is 5. The van der Waals surface area contributed by atoms with Gasteiger partial charge in [-0.1, -0.05) is 54.1 Å². The molecular weight excluding hydrogens is 436 g/mol. The van der Waals surface area contributed by atoms with Crippen LogP contribution in [0.4, 0.5) is 0 Å². The van der Waals surface area contributed by atoms with Gasteiger partial charge >= 0.3 is 0 Å². The van der Waals surface area contributed by atoms with Crippen LogP contribution < -0.4 is 5.32 Å². The van der Waals surface area contributed by atoms with Crippen molar-refractivity contribution in [2.75, 3.05) is 0 Å². The van der Waals surface area contributed by atoms with Crippen LogP contribution in [0.25, 0.3) is 22.6 Å². The second kappa shape index (κ2) is 9.10. The van der Waals surface area contributed by atoms with Gasteiger partial charge in [-0.05, 0) is 42.0 Å². The van der Waals surface area contributed by atoms with E-state index in [0.29, 0.717) is 22.8 Å². The van der Waals surface area contributed by atoms with Crippen molar-refractivity contribution < 1.29 is 4.79 Å². The lowest BCUT2D eigenvalue weighted by Gasteiger charge is -2.07. The lowest BCUT2D eigenvalue weighted by atomic mass is 10.1. The van der Waals surface area contributed by atoms with Crippen LogP contribution in [0.1, 0.15) is 15.9 Å². The summed E-state index contributed by atoms with van der Waals surface area (Å²) < 4.78 is 3.39. The third-order valence-corrected chi connectivity index (χ3v) is 5.42. The number of para-hydroxylation sites is 1. The van der Waals surface area contributed by atoms with Crippen LogP contribution in [0.3, 0.4) is 0 Å². The van der Waals surface area contributed by atoms with E-state index in [1.807, 2.05) is 66.7 Å². The maximum Gasteiger partial charge on any atom is 0.255 e. The first-order chi connectivity index (χ1) is 16.2. The molecule has 0 atom stereocenters. The van der Waals surface area contributed by atoms with E-state index < -0.39 is 0 Å². The Morgan fingerprint density at radius 3 is 2.30 bits per heavy atom. The third-order valence-electron chi connectivity index (χ3n) is 5.17. The predicted octanol–water partition coefficient (Wildman–Crippen LogP) is 4.70. The molecule has 3 aromatic carbocycles. The van der Waals surface area contributed by atoms with Gasteiger partial charge in [0.2, 0.25) is 0 Å². The van der Waals surface area contributed by atoms with E-state index in [1.165, 1.54) is 6.33 Å². The zero-order chi connectivity index (χ0) is 22.6. The molecule has 0 aliphatic rings. The van der Waals surface area contributed by atoms with Gasteiger partial charge in [0.05, 0.1) is 16.9 Å². The first-order valence-corrected chi connectivity index (χ1v) is 10.7. The summed E-state index contributed by atoms with van der Waals surface area (Å²) in [5.74, 6) is -0.206. The van der Waals surface area contributed by atoms with Gasteiger partial charge in [-0.15, -0.1) is 0 Å². The third kappa shape index (κ3) is 4.53. The normalized spacial score (nSPS) is 10.8. The van der Waals surface area contributed by atoms with Crippen LogP contribution in [0.5, 0.6) is 0 Å². The predicted molar refractivity (Wildman–Crippen MR) is 127 cm³/mol. The van der Waals surface area contributed by atoms with Gasteiger partial charge in [0.1, 0.15) is 18.3 Å². The Morgan fingerprint density at radius 1 is 0.879 bits per heavy atom. The van der Waals surface area contributed by atoms with E-state index in [-0.39, 0.29) is 5.91 Å². The fourth-order valence-corrected chi connectivity index (χ4v) is 3.59. The average Bonchev–Trinajstić information content (AvgIpc) is 3.55. The Labute approximate surface area is 195 Å². The molecule has 5 aromatic rings. The van der Waals surface area contributed by atoms with Crippen molar-refractivity contribution in [3.8, 4) is 22.6 Å². The molecule has 0 saturated carbocycles. The van der Waals surface area contributed by atoms with Crippen LogP contribution in [0.2, 0.25) is 5.02 Å². The van der Waals surface area contributed by atoms with E-state index in [1.54, 1.807) is 34.0 Å². The number of carbonyl (C=O) groups is 1. The van der Waals surface area contributed by atoms with Crippen molar-refractivity contribution in [2.24, 2.45) is 0 Å². The van der Waals surface area contributed by atoms with Gasteiger partial charge in [0.15, 0.2) is 0 Å². The number of hydrogen-bond acceptors (Lipinski definition) is 4. The number of aromatic nitrogens is 5. The lowest BCUT2D eigenvalue weighted by Crippen LogP contribution is -2.23. The molecule has 7 nitrogen and oxygen atoms in total. The van der Waals surface area contributed by atoms with Crippen molar-refractivity contribution >= 4 is 17.5 Å². The highest BCUT2D eigenvalue weighted by Crippen LogP contribution is 2.25. The van der Waals surface area contributed by atoms with Gasteiger partial charge in [-0.3, -0.25) is 4.79 Å². The number of nitrogens with one attached hydrogen (secondary N) is 1. The Balaban J connectivity index is 1.39.